The maximum Gasteiger partial charge on any atom is 0.407 e. The summed E-state index contributed by atoms with van der Waals surface area (Å²) in [7, 11) is 1.46. The number of fused-ring (bicyclic) bond motifs is 3. The van der Waals surface area contributed by atoms with Crippen molar-refractivity contribution in [1.82, 2.24) is 10.6 Å². The number of carboxylic acids is 1. The van der Waals surface area contributed by atoms with Crippen LogP contribution in [0.3, 0.4) is 0 Å². The highest BCUT2D eigenvalue weighted by Gasteiger charge is 2.30. The fourth-order valence-corrected chi connectivity index (χ4v) is 4.11. The average Bonchev–Trinajstić information content (AvgIpc) is 3.13. The number of carbonyl (C=O) groups excluding carboxylic acids is 2. The van der Waals surface area contributed by atoms with Gasteiger partial charge in [0.15, 0.2) is 0 Å². The van der Waals surface area contributed by atoms with E-state index in [1.165, 1.54) is 7.11 Å². The third kappa shape index (κ3) is 5.90. The molecule has 2 aromatic rings. The molecule has 0 spiro atoms. The van der Waals surface area contributed by atoms with E-state index in [2.05, 4.69) is 22.8 Å². The first-order valence-electron chi connectivity index (χ1n) is 11.1. The van der Waals surface area contributed by atoms with Crippen LogP contribution in [0.5, 0.6) is 0 Å². The molecule has 3 rings (SSSR count). The Morgan fingerprint density at radius 2 is 1.55 bits per heavy atom. The van der Waals surface area contributed by atoms with Crippen molar-refractivity contribution in [2.24, 2.45) is 0 Å². The van der Waals surface area contributed by atoms with Gasteiger partial charge in [0.2, 0.25) is 5.91 Å². The van der Waals surface area contributed by atoms with Crippen LogP contribution in [-0.2, 0) is 19.1 Å². The van der Waals surface area contributed by atoms with E-state index in [1.807, 2.05) is 43.3 Å². The van der Waals surface area contributed by atoms with Gasteiger partial charge in [-0.15, -0.1) is 0 Å². The van der Waals surface area contributed by atoms with Crippen molar-refractivity contribution in [3.8, 4) is 11.1 Å². The lowest BCUT2D eigenvalue weighted by Crippen LogP contribution is -2.52. The topological polar surface area (TPSA) is 114 Å². The van der Waals surface area contributed by atoms with E-state index in [-0.39, 0.29) is 25.6 Å². The molecule has 0 aliphatic heterocycles. The van der Waals surface area contributed by atoms with Crippen LogP contribution in [0, 0.1) is 0 Å². The van der Waals surface area contributed by atoms with Crippen molar-refractivity contribution < 1.29 is 29.0 Å². The lowest BCUT2D eigenvalue weighted by Gasteiger charge is -2.21. The molecule has 2 atom stereocenters. The number of rotatable bonds is 11. The SMILES string of the molecule is CCC[C@H](NC(=O)OCC1c2ccccc2-c2ccccc21)C(=O)NC(CCOC)C(=O)O. The predicted octanol–water partition coefficient (Wildman–Crippen LogP) is 3.30. The molecule has 1 unspecified atom stereocenters. The molecule has 0 fully saturated rings. The molecule has 0 bridgehead atoms. The Morgan fingerprint density at radius 3 is 2.09 bits per heavy atom. The Morgan fingerprint density at radius 1 is 0.939 bits per heavy atom. The molecule has 0 saturated carbocycles. The number of benzene rings is 2. The van der Waals surface area contributed by atoms with Crippen LogP contribution in [0.4, 0.5) is 4.79 Å². The maximum absolute atomic E-state index is 12.6. The van der Waals surface area contributed by atoms with E-state index < -0.39 is 30.1 Å². The number of ether oxygens (including phenoxy) is 2. The third-order valence-electron chi connectivity index (χ3n) is 5.75. The van der Waals surface area contributed by atoms with Gasteiger partial charge in [-0.1, -0.05) is 61.9 Å². The summed E-state index contributed by atoms with van der Waals surface area (Å²) in [5.41, 5.74) is 4.44. The largest absolute Gasteiger partial charge is 0.480 e. The van der Waals surface area contributed by atoms with Crippen molar-refractivity contribution in [3.05, 3.63) is 59.7 Å². The van der Waals surface area contributed by atoms with Gasteiger partial charge in [-0.05, 0) is 28.7 Å². The van der Waals surface area contributed by atoms with Gasteiger partial charge in [-0.2, -0.15) is 0 Å². The Bertz CT molecular complexity index is 947. The Hall–Kier alpha value is -3.39. The van der Waals surface area contributed by atoms with Gasteiger partial charge in [0.05, 0.1) is 0 Å². The molecule has 2 amide bonds. The summed E-state index contributed by atoms with van der Waals surface area (Å²) in [5.74, 6) is -1.81. The van der Waals surface area contributed by atoms with Crippen molar-refractivity contribution in [2.75, 3.05) is 20.3 Å². The van der Waals surface area contributed by atoms with E-state index in [9.17, 15) is 19.5 Å². The fourth-order valence-electron chi connectivity index (χ4n) is 4.11. The van der Waals surface area contributed by atoms with E-state index in [1.54, 1.807) is 0 Å². The molecule has 1 aliphatic rings. The molecular formula is C25H30N2O6. The molecule has 0 saturated heterocycles. The van der Waals surface area contributed by atoms with Crippen LogP contribution in [0.2, 0.25) is 0 Å². The Labute approximate surface area is 193 Å². The minimum atomic E-state index is -1.16. The van der Waals surface area contributed by atoms with Gasteiger partial charge >= 0.3 is 12.1 Å². The maximum atomic E-state index is 12.6. The summed E-state index contributed by atoms with van der Waals surface area (Å²) < 4.78 is 10.4. The van der Waals surface area contributed by atoms with E-state index in [4.69, 9.17) is 9.47 Å². The van der Waals surface area contributed by atoms with Crippen molar-refractivity contribution in [2.45, 2.75) is 44.2 Å². The number of hydrogen-bond acceptors (Lipinski definition) is 5. The zero-order valence-corrected chi connectivity index (χ0v) is 18.9. The molecule has 33 heavy (non-hydrogen) atoms. The highest BCUT2D eigenvalue weighted by Crippen LogP contribution is 2.44. The molecule has 176 valence electrons. The van der Waals surface area contributed by atoms with Crippen LogP contribution in [0.25, 0.3) is 11.1 Å². The third-order valence-corrected chi connectivity index (χ3v) is 5.75. The highest BCUT2D eigenvalue weighted by molar-refractivity contribution is 5.89. The normalized spacial score (nSPS) is 14.0. The minimum Gasteiger partial charge on any atom is -0.480 e. The number of aliphatic carboxylic acids is 1. The lowest BCUT2D eigenvalue weighted by atomic mass is 9.98. The van der Waals surface area contributed by atoms with Gasteiger partial charge in [-0.25, -0.2) is 9.59 Å². The summed E-state index contributed by atoms with van der Waals surface area (Å²) in [6, 6.07) is 14.1. The van der Waals surface area contributed by atoms with E-state index in [0.717, 1.165) is 22.3 Å². The average molecular weight is 455 g/mol. The molecule has 2 aromatic carbocycles. The first-order chi connectivity index (χ1) is 16.0. The predicted molar refractivity (Wildman–Crippen MR) is 123 cm³/mol. The summed E-state index contributed by atoms with van der Waals surface area (Å²) in [6.45, 7) is 2.20. The summed E-state index contributed by atoms with van der Waals surface area (Å²) >= 11 is 0. The molecule has 8 heteroatoms. The monoisotopic (exact) mass is 454 g/mol. The second-order valence-corrected chi connectivity index (χ2v) is 7.99. The summed E-state index contributed by atoms with van der Waals surface area (Å²) in [6.07, 6.45) is 0.389. The number of carboxylic acid groups (broad SMARTS) is 1. The number of nitrogens with one attached hydrogen (secondary N) is 2. The zero-order chi connectivity index (χ0) is 23.8. The molecule has 0 aromatic heterocycles. The summed E-state index contributed by atoms with van der Waals surface area (Å²) in [5, 5.41) is 14.4. The molecule has 1 aliphatic carbocycles. The van der Waals surface area contributed by atoms with E-state index in [0.29, 0.717) is 12.8 Å². The molecular weight excluding hydrogens is 424 g/mol. The van der Waals surface area contributed by atoms with Gasteiger partial charge in [0.1, 0.15) is 18.7 Å². The molecule has 0 heterocycles. The lowest BCUT2D eigenvalue weighted by molar-refractivity contribution is -0.142. The van der Waals surface area contributed by atoms with Gasteiger partial charge in [0.25, 0.3) is 0 Å². The number of methoxy groups -OCH3 is 1. The summed E-state index contributed by atoms with van der Waals surface area (Å²) in [4.78, 5) is 36.6. The molecule has 8 nitrogen and oxygen atoms in total. The fraction of sp³-hybridized carbons (Fsp3) is 0.400. The van der Waals surface area contributed by atoms with Crippen LogP contribution >= 0.6 is 0 Å². The first-order valence-corrected chi connectivity index (χ1v) is 11.1. The number of amides is 2. The van der Waals surface area contributed by atoms with Crippen LogP contribution in [0.15, 0.2) is 48.5 Å². The highest BCUT2D eigenvalue weighted by atomic mass is 16.5. The van der Waals surface area contributed by atoms with Gasteiger partial charge in [-0.3, -0.25) is 4.79 Å². The molecule has 3 N–H and O–H groups in total. The quantitative estimate of drug-likeness (QED) is 0.480. The number of carbonyl (C=O) groups is 3. The van der Waals surface area contributed by atoms with Crippen molar-refractivity contribution in [1.29, 1.82) is 0 Å². The second-order valence-electron chi connectivity index (χ2n) is 7.99. The number of alkyl carbamates (subject to hydrolysis) is 1. The zero-order valence-electron chi connectivity index (χ0n) is 18.9. The first kappa shape index (κ1) is 24.3. The minimum absolute atomic E-state index is 0.0907. The Balaban J connectivity index is 1.62. The van der Waals surface area contributed by atoms with Crippen LogP contribution in [0.1, 0.15) is 43.2 Å². The van der Waals surface area contributed by atoms with Gasteiger partial charge in [0, 0.05) is 26.1 Å². The van der Waals surface area contributed by atoms with Crippen LogP contribution < -0.4 is 10.6 Å². The second kappa shape index (κ2) is 11.5. The standard InChI is InChI=1S/C25H30N2O6/c1-3-8-21(23(28)26-22(24(29)30)13-14-32-2)27-25(31)33-15-20-18-11-6-4-9-16(18)17-10-5-7-12-19(17)20/h4-7,9-12,20-22H,3,8,13-15H2,1-2H3,(H,26,28)(H,27,31)(H,29,30)/t21-,22?/m0/s1. The van der Waals surface area contributed by atoms with Gasteiger partial charge < -0.3 is 25.2 Å². The van der Waals surface area contributed by atoms with Crippen molar-refractivity contribution in [3.63, 3.8) is 0 Å². The smallest absolute Gasteiger partial charge is 0.407 e. The van der Waals surface area contributed by atoms with Crippen LogP contribution in [-0.4, -0.2) is 55.5 Å². The Kier molecular flexibility index (Phi) is 8.43. The molecule has 0 radical (unpaired) electrons. The van der Waals surface area contributed by atoms with Crippen molar-refractivity contribution >= 4 is 18.0 Å². The van der Waals surface area contributed by atoms with E-state index >= 15 is 0 Å². The number of hydrogen-bond donors (Lipinski definition) is 3.